The normalized spacial score (nSPS) is 21.9. The number of piperidine rings is 1. The van der Waals surface area contributed by atoms with Crippen LogP contribution in [0.4, 0.5) is 4.79 Å². The second-order valence-electron chi connectivity index (χ2n) is 19.8. The smallest absolute Gasteiger partial charge is 0.324 e. The molecule has 4 atom stereocenters. The van der Waals surface area contributed by atoms with E-state index in [4.69, 9.17) is 19.4 Å². The Hall–Kier alpha value is -5.39. The largest absolute Gasteiger partial charge is 0.464 e. The third-order valence-corrected chi connectivity index (χ3v) is 14.9. The van der Waals surface area contributed by atoms with Gasteiger partial charge in [0.1, 0.15) is 18.1 Å². The molecule has 3 saturated heterocycles. The zero-order valence-corrected chi connectivity index (χ0v) is 40.6. The maximum Gasteiger partial charge on any atom is 0.324 e. The highest BCUT2D eigenvalue weighted by atomic mass is 32.1. The molecule has 1 aromatic carbocycles. The molecule has 0 saturated carbocycles. The van der Waals surface area contributed by atoms with E-state index in [1.807, 2.05) is 32.2 Å². The number of methoxy groups -OCH3 is 1. The molecule has 4 aliphatic rings. The van der Waals surface area contributed by atoms with Crippen molar-refractivity contribution in [1.82, 2.24) is 45.0 Å². The molecule has 2 N–H and O–H groups in total. The van der Waals surface area contributed by atoms with Crippen LogP contribution in [-0.4, -0.2) is 136 Å². The Labute approximate surface area is 391 Å². The van der Waals surface area contributed by atoms with Crippen LogP contribution in [0, 0.1) is 16.7 Å². The van der Waals surface area contributed by atoms with Crippen LogP contribution in [-0.2, 0) is 48.0 Å². The van der Waals surface area contributed by atoms with Crippen molar-refractivity contribution in [3.8, 4) is 22.5 Å². The molecule has 3 fully saturated rings. The third-order valence-electron chi connectivity index (χ3n) is 14.0. The Morgan fingerprint density at radius 2 is 1.88 bits per heavy atom. The van der Waals surface area contributed by atoms with Crippen molar-refractivity contribution in [2.45, 2.75) is 111 Å². The zero-order valence-electron chi connectivity index (χ0n) is 39.8. The average molecular weight is 924 g/mol. The summed E-state index contributed by atoms with van der Waals surface area (Å²) in [6.45, 7) is 14.5. The average Bonchev–Trinajstić information content (AvgIpc) is 3.88. The van der Waals surface area contributed by atoms with Gasteiger partial charge in [0.25, 0.3) is 5.91 Å². The first-order valence-electron chi connectivity index (χ1n) is 23.4. The lowest BCUT2D eigenvalue weighted by molar-refractivity contribution is -0.155. The van der Waals surface area contributed by atoms with Crippen molar-refractivity contribution in [3.63, 3.8) is 0 Å². The molecular weight excluding hydrogens is 859 g/mol. The molecule has 1 spiro atoms. The molecule has 0 aliphatic carbocycles. The maximum absolute atomic E-state index is 14.6. The summed E-state index contributed by atoms with van der Waals surface area (Å²) in [4.78, 5) is 84.8. The molecule has 17 heteroatoms. The lowest BCUT2D eigenvalue weighted by atomic mass is 9.72. The van der Waals surface area contributed by atoms with E-state index < -0.39 is 46.7 Å². The minimum Gasteiger partial charge on any atom is -0.464 e. The number of carbonyl (C=O) groups is 5. The monoisotopic (exact) mass is 923 g/mol. The molecule has 5 amide bonds. The predicted molar refractivity (Wildman–Crippen MR) is 252 cm³/mol. The summed E-state index contributed by atoms with van der Waals surface area (Å²) < 4.78 is 14.2. The van der Waals surface area contributed by atoms with E-state index in [0.29, 0.717) is 57.0 Å². The molecule has 4 aromatic rings. The number of pyridine rings is 1. The van der Waals surface area contributed by atoms with E-state index >= 15 is 0 Å². The maximum atomic E-state index is 14.6. The minimum absolute atomic E-state index is 0.0570. The van der Waals surface area contributed by atoms with Gasteiger partial charge in [-0.15, -0.1) is 11.3 Å². The fraction of sp³-hybridized carbons (Fsp3) is 0.571. The Kier molecular flexibility index (Phi) is 13.4. The number of cyclic esters (lactones) is 1. The standard InChI is InChI=1S/C49H65N9O7S/c1-10-57-38-17-16-31-22-33(38)34(42(57)32-14-11-19-50-40(32)30(4)64-9)24-48(5,6)28-65-45(61)35-15-12-21-58(53-35)44(60)36(23-39-51-37(31)25-66-39)52-43(59)41(29(2)3)55(8)47(63)56-26-49(27-56)18-13-20-54(7)46(49)62/h11,14,16-17,19,22,25,29-30,35-36,41,53H,10,12-13,15,18,20-21,23-24,26-28H2,1-9H3,(H,52,59)/t30-,35-,36-,41-/m0/s1. The molecule has 0 radical (unpaired) electrons. The number of hydrogen-bond acceptors (Lipinski definition) is 11. The van der Waals surface area contributed by atoms with E-state index in [-0.39, 0.29) is 37.0 Å². The Morgan fingerprint density at radius 1 is 1.11 bits per heavy atom. The van der Waals surface area contributed by atoms with Crippen LogP contribution in [0.1, 0.15) is 89.6 Å². The molecule has 16 nitrogen and oxygen atoms in total. The Balaban J connectivity index is 1.14. The summed E-state index contributed by atoms with van der Waals surface area (Å²) in [7, 11) is 5.09. The molecule has 4 aliphatic heterocycles. The second-order valence-corrected chi connectivity index (χ2v) is 20.8. The van der Waals surface area contributed by atoms with E-state index in [1.54, 1.807) is 37.2 Å². The molecule has 354 valence electrons. The summed E-state index contributed by atoms with van der Waals surface area (Å²) in [6.07, 6.45) is 4.81. The van der Waals surface area contributed by atoms with Gasteiger partial charge in [0.15, 0.2) is 0 Å². The number of nitrogens with zero attached hydrogens (tertiary/aromatic N) is 7. The van der Waals surface area contributed by atoms with Gasteiger partial charge in [-0.2, -0.15) is 0 Å². The summed E-state index contributed by atoms with van der Waals surface area (Å²) >= 11 is 1.41. The molecular formula is C49H65N9O7S. The van der Waals surface area contributed by atoms with Crippen LogP contribution in [0.3, 0.4) is 0 Å². The number of amides is 5. The minimum atomic E-state index is -1.08. The first kappa shape index (κ1) is 47.1. The molecule has 8 rings (SSSR count). The third kappa shape index (κ3) is 8.93. The summed E-state index contributed by atoms with van der Waals surface area (Å²) in [5.41, 5.74) is 8.71. The van der Waals surface area contributed by atoms with Crippen LogP contribution < -0.4 is 10.7 Å². The first-order valence-corrected chi connectivity index (χ1v) is 24.2. The fourth-order valence-corrected chi connectivity index (χ4v) is 11.3. The topological polar surface area (TPSA) is 172 Å². The van der Waals surface area contributed by atoms with Gasteiger partial charge in [0, 0.05) is 99.4 Å². The summed E-state index contributed by atoms with van der Waals surface area (Å²) in [5, 5.41) is 8.12. The van der Waals surface area contributed by atoms with E-state index in [0.717, 1.165) is 57.5 Å². The predicted octanol–water partition coefficient (Wildman–Crippen LogP) is 5.83. The molecule has 0 unspecified atom stereocenters. The van der Waals surface area contributed by atoms with Crippen molar-refractivity contribution < 1.29 is 33.4 Å². The van der Waals surface area contributed by atoms with Crippen molar-refractivity contribution >= 4 is 52.0 Å². The van der Waals surface area contributed by atoms with Crippen molar-refractivity contribution in [2.75, 3.05) is 54.0 Å². The number of carbonyl (C=O) groups excluding carboxylic acids is 5. The van der Waals surface area contributed by atoms with E-state index in [2.05, 4.69) is 60.3 Å². The number of likely N-dealkylation sites (N-methyl/N-ethyl adjacent to an activating group) is 1. The number of thiazole rings is 1. The van der Waals surface area contributed by atoms with Crippen LogP contribution in [0.15, 0.2) is 41.9 Å². The number of hydrazine groups is 1. The molecule has 66 heavy (non-hydrogen) atoms. The van der Waals surface area contributed by atoms with Gasteiger partial charge in [-0.25, -0.2) is 15.2 Å². The van der Waals surface area contributed by atoms with Gasteiger partial charge in [0.2, 0.25) is 11.8 Å². The number of ether oxygens (including phenoxy) is 2. The molecule has 3 aromatic heterocycles. The van der Waals surface area contributed by atoms with Gasteiger partial charge in [-0.3, -0.25) is 29.2 Å². The van der Waals surface area contributed by atoms with Gasteiger partial charge in [-0.1, -0.05) is 33.8 Å². The van der Waals surface area contributed by atoms with Crippen LogP contribution in [0.25, 0.3) is 33.4 Å². The molecule has 7 heterocycles. The lowest BCUT2D eigenvalue weighted by Gasteiger charge is -2.53. The number of benzene rings is 1. The SMILES string of the molecule is CCn1c(-c2cccnc2[C@H](C)OC)c2c3cc(ccc31)-c1csc(n1)C[C@H](NC(=O)[C@H](C(C)C)N(C)C(=O)N1CC3(CCCN(C)C3=O)C1)C(=O)N1CCC[C@H](N1)C(=O)OCC(C)(C)C2. The summed E-state index contributed by atoms with van der Waals surface area (Å²) in [6, 6.07) is 7.29. The fourth-order valence-electron chi connectivity index (χ4n) is 10.5. The van der Waals surface area contributed by atoms with Gasteiger partial charge in [-0.05, 0) is 81.7 Å². The first-order chi connectivity index (χ1) is 31.5. The van der Waals surface area contributed by atoms with Crippen molar-refractivity contribution in [1.29, 1.82) is 0 Å². The van der Waals surface area contributed by atoms with E-state index in [1.165, 1.54) is 21.2 Å². The highest BCUT2D eigenvalue weighted by molar-refractivity contribution is 7.10. The summed E-state index contributed by atoms with van der Waals surface area (Å²) in [5.74, 6) is -1.62. The van der Waals surface area contributed by atoms with Crippen molar-refractivity contribution in [3.05, 3.63) is 58.2 Å². The van der Waals surface area contributed by atoms with Crippen LogP contribution in [0.5, 0.6) is 0 Å². The second kappa shape index (κ2) is 18.7. The number of esters is 1. The Morgan fingerprint density at radius 3 is 2.61 bits per heavy atom. The lowest BCUT2D eigenvalue weighted by Crippen LogP contribution is -2.69. The number of aromatic nitrogens is 3. The van der Waals surface area contributed by atoms with Gasteiger partial charge >= 0.3 is 12.0 Å². The Bertz CT molecular complexity index is 2510. The van der Waals surface area contributed by atoms with E-state index in [9.17, 15) is 24.0 Å². The van der Waals surface area contributed by atoms with Crippen molar-refractivity contribution in [2.24, 2.45) is 16.7 Å². The van der Waals surface area contributed by atoms with Crippen LogP contribution >= 0.6 is 11.3 Å². The number of hydrogen-bond donors (Lipinski definition) is 2. The molecule has 6 bridgehead atoms. The number of urea groups is 1. The van der Waals surface area contributed by atoms with Crippen LogP contribution in [0.2, 0.25) is 0 Å². The number of aryl methyl sites for hydroxylation is 1. The number of likely N-dealkylation sites (tertiary alicyclic amines) is 2. The quantitative estimate of drug-likeness (QED) is 0.205. The number of fused-ring (bicyclic) bond motifs is 6. The number of rotatable bonds is 8. The van der Waals surface area contributed by atoms with Gasteiger partial charge in [0.05, 0.1) is 40.2 Å². The highest BCUT2D eigenvalue weighted by Gasteiger charge is 2.54. The van der Waals surface area contributed by atoms with Gasteiger partial charge < -0.3 is 34.1 Å². The zero-order chi connectivity index (χ0) is 47.2. The number of nitrogens with one attached hydrogen (secondary N) is 2. The highest BCUT2D eigenvalue weighted by Crippen LogP contribution is 2.43.